The molecule has 1 aliphatic carbocycles. The fourth-order valence-corrected chi connectivity index (χ4v) is 5.10. The van der Waals surface area contributed by atoms with Gasteiger partial charge in [0.15, 0.2) is 0 Å². The monoisotopic (exact) mass is 467 g/mol. The minimum Gasteiger partial charge on any atom is -0.384 e. The van der Waals surface area contributed by atoms with E-state index < -0.39 is 6.04 Å². The Hall–Kier alpha value is -4.13. The summed E-state index contributed by atoms with van der Waals surface area (Å²) in [5, 5.41) is 14.0. The van der Waals surface area contributed by atoms with Crippen LogP contribution in [0.3, 0.4) is 0 Å². The molecule has 7 heteroatoms. The van der Waals surface area contributed by atoms with E-state index in [4.69, 9.17) is 11.1 Å². The maximum atomic E-state index is 13.4. The molecule has 2 aliphatic heterocycles. The highest BCUT2D eigenvalue weighted by atomic mass is 16.2. The van der Waals surface area contributed by atoms with Crippen molar-refractivity contribution in [1.29, 1.82) is 5.41 Å². The summed E-state index contributed by atoms with van der Waals surface area (Å²) in [6.45, 7) is 0. The molecule has 2 bridgehead atoms. The predicted octanol–water partition coefficient (Wildman–Crippen LogP) is 4.67. The zero-order valence-electron chi connectivity index (χ0n) is 19.4. The Balaban J connectivity index is 1.34. The lowest BCUT2D eigenvalue weighted by Crippen LogP contribution is -2.52. The van der Waals surface area contributed by atoms with E-state index in [0.29, 0.717) is 16.9 Å². The van der Waals surface area contributed by atoms with E-state index in [-0.39, 0.29) is 29.6 Å². The number of anilines is 3. The largest absolute Gasteiger partial charge is 0.384 e. The highest BCUT2D eigenvalue weighted by Gasteiger charge is 2.40. The van der Waals surface area contributed by atoms with Crippen LogP contribution in [0.25, 0.3) is 0 Å². The van der Waals surface area contributed by atoms with Gasteiger partial charge in [-0.1, -0.05) is 42.5 Å². The summed E-state index contributed by atoms with van der Waals surface area (Å²) in [4.78, 5) is 28.1. The van der Waals surface area contributed by atoms with Crippen molar-refractivity contribution in [2.45, 2.75) is 37.8 Å². The summed E-state index contributed by atoms with van der Waals surface area (Å²) >= 11 is 0. The Morgan fingerprint density at radius 2 is 1.63 bits per heavy atom. The van der Waals surface area contributed by atoms with Crippen molar-refractivity contribution in [2.24, 2.45) is 11.7 Å². The standard InChI is InChI=1S/C28H29N5O2/c29-26(30)20-7-4-8-22(17-20)31-25(18-5-2-1-3-6-18)27(34)32-21-11-15-24(16-12-21)33-23-13-9-19(10-14-23)28(33)35/h1-8,11-12,15-17,19,23,25,31H,9-10,13-14H2,(H3,29,30)(H,32,34)/t19?,23?,25-/m0/s1. The average Bonchev–Trinajstić information content (AvgIpc) is 2.89. The van der Waals surface area contributed by atoms with E-state index in [9.17, 15) is 9.59 Å². The molecule has 35 heavy (non-hydrogen) atoms. The normalized spacial score (nSPS) is 19.8. The Labute approximate surface area is 204 Å². The molecule has 2 heterocycles. The number of benzene rings is 3. The molecule has 3 aromatic carbocycles. The minimum absolute atomic E-state index is 0.0325. The van der Waals surface area contributed by atoms with Crippen LogP contribution in [0.1, 0.15) is 42.9 Å². The van der Waals surface area contributed by atoms with Gasteiger partial charge in [0.05, 0.1) is 0 Å². The molecular formula is C28H29N5O2. The Bertz CT molecular complexity index is 1230. The first-order valence-electron chi connectivity index (χ1n) is 12.0. The van der Waals surface area contributed by atoms with Crippen molar-refractivity contribution in [2.75, 3.05) is 15.5 Å². The average molecular weight is 468 g/mol. The SMILES string of the molecule is N=C(N)c1cccc(N[C@H](C(=O)Nc2ccc(N3C(=O)C4CCC3CC4)cc2)c2ccccc2)c1. The van der Waals surface area contributed by atoms with E-state index >= 15 is 0 Å². The van der Waals surface area contributed by atoms with Crippen molar-refractivity contribution >= 4 is 34.7 Å². The first-order valence-corrected chi connectivity index (χ1v) is 12.0. The molecule has 1 atom stereocenters. The molecule has 2 saturated heterocycles. The van der Waals surface area contributed by atoms with Crippen LogP contribution in [-0.2, 0) is 9.59 Å². The number of rotatable bonds is 7. The van der Waals surface area contributed by atoms with E-state index in [0.717, 1.165) is 36.9 Å². The van der Waals surface area contributed by atoms with Crippen molar-refractivity contribution in [1.82, 2.24) is 0 Å². The first-order chi connectivity index (χ1) is 17.0. The van der Waals surface area contributed by atoms with Crippen LogP contribution >= 0.6 is 0 Å². The second-order valence-electron chi connectivity index (χ2n) is 9.23. The van der Waals surface area contributed by atoms with E-state index in [1.54, 1.807) is 18.2 Å². The van der Waals surface area contributed by atoms with Crippen LogP contribution in [0.4, 0.5) is 17.1 Å². The first kappa shape index (κ1) is 22.7. The number of nitrogen functional groups attached to an aromatic ring is 1. The molecule has 0 aromatic heterocycles. The topological polar surface area (TPSA) is 111 Å². The van der Waals surface area contributed by atoms with Gasteiger partial charge in [-0.2, -0.15) is 0 Å². The number of hydrogen-bond acceptors (Lipinski definition) is 4. The number of carbonyl (C=O) groups excluding carboxylic acids is 2. The number of hydrogen-bond donors (Lipinski definition) is 4. The van der Waals surface area contributed by atoms with Crippen LogP contribution in [0.5, 0.6) is 0 Å². The number of nitrogens with one attached hydrogen (secondary N) is 3. The molecule has 0 radical (unpaired) electrons. The summed E-state index contributed by atoms with van der Waals surface area (Å²) in [7, 11) is 0. The zero-order valence-corrected chi connectivity index (χ0v) is 19.4. The van der Waals surface area contributed by atoms with Crippen molar-refractivity contribution in [3.05, 3.63) is 90.0 Å². The maximum Gasteiger partial charge on any atom is 0.251 e. The molecule has 7 nitrogen and oxygen atoms in total. The Kier molecular flexibility index (Phi) is 6.23. The van der Waals surface area contributed by atoms with Crippen molar-refractivity contribution in [3.8, 4) is 0 Å². The van der Waals surface area contributed by atoms with Gasteiger partial charge in [0.25, 0.3) is 5.91 Å². The third kappa shape index (κ3) is 4.75. The van der Waals surface area contributed by atoms with Crippen LogP contribution < -0.4 is 21.3 Å². The fraction of sp³-hybridized carbons (Fsp3) is 0.250. The van der Waals surface area contributed by atoms with Crippen LogP contribution in [0.2, 0.25) is 0 Å². The third-order valence-corrected chi connectivity index (χ3v) is 6.94. The van der Waals surface area contributed by atoms with Gasteiger partial charge in [0.1, 0.15) is 11.9 Å². The van der Waals surface area contributed by atoms with Gasteiger partial charge >= 0.3 is 0 Å². The highest BCUT2D eigenvalue weighted by molar-refractivity contribution is 6.00. The maximum absolute atomic E-state index is 13.4. The van der Waals surface area contributed by atoms with Crippen LogP contribution in [0, 0.1) is 11.3 Å². The van der Waals surface area contributed by atoms with E-state index in [1.807, 2.05) is 65.6 Å². The van der Waals surface area contributed by atoms with Gasteiger partial charge in [-0.05, 0) is 67.6 Å². The third-order valence-electron chi connectivity index (χ3n) is 6.94. The molecule has 5 N–H and O–H groups in total. The molecule has 2 amide bonds. The molecule has 3 aromatic rings. The smallest absolute Gasteiger partial charge is 0.251 e. The predicted molar refractivity (Wildman–Crippen MR) is 139 cm³/mol. The molecule has 0 unspecified atom stereocenters. The van der Waals surface area contributed by atoms with Crippen LogP contribution in [0.15, 0.2) is 78.9 Å². The van der Waals surface area contributed by atoms with Gasteiger partial charge in [-0.15, -0.1) is 0 Å². The molecule has 1 saturated carbocycles. The number of fused-ring (bicyclic) bond motifs is 3. The van der Waals surface area contributed by atoms with Gasteiger partial charge in [0, 0.05) is 34.6 Å². The Morgan fingerprint density at radius 1 is 0.914 bits per heavy atom. The fourth-order valence-electron chi connectivity index (χ4n) is 5.10. The van der Waals surface area contributed by atoms with Gasteiger partial charge in [-0.25, -0.2) is 0 Å². The quantitative estimate of drug-likeness (QED) is 0.299. The molecule has 178 valence electrons. The molecule has 3 aliphatic rings. The van der Waals surface area contributed by atoms with Gasteiger partial charge in [0.2, 0.25) is 5.91 Å². The van der Waals surface area contributed by atoms with Crippen molar-refractivity contribution < 1.29 is 9.59 Å². The summed E-state index contributed by atoms with van der Waals surface area (Å²) in [6, 6.07) is 23.8. The van der Waals surface area contributed by atoms with Gasteiger partial charge < -0.3 is 21.3 Å². The number of piperidine rings is 2. The summed E-state index contributed by atoms with van der Waals surface area (Å²) in [5.74, 6) is 0.129. The van der Waals surface area contributed by atoms with E-state index in [2.05, 4.69) is 10.6 Å². The molecular weight excluding hydrogens is 438 g/mol. The lowest BCUT2D eigenvalue weighted by Gasteiger charge is -2.44. The molecule has 3 fully saturated rings. The molecule has 0 spiro atoms. The second-order valence-corrected chi connectivity index (χ2v) is 9.23. The highest BCUT2D eigenvalue weighted by Crippen LogP contribution is 2.39. The number of nitrogens with zero attached hydrogens (tertiary/aromatic N) is 1. The van der Waals surface area contributed by atoms with Gasteiger partial charge in [-0.3, -0.25) is 15.0 Å². The van der Waals surface area contributed by atoms with Crippen LogP contribution in [-0.4, -0.2) is 23.7 Å². The second kappa shape index (κ2) is 9.62. The Morgan fingerprint density at radius 3 is 2.29 bits per heavy atom. The number of amides is 2. The zero-order chi connectivity index (χ0) is 24.4. The number of carbonyl (C=O) groups is 2. The van der Waals surface area contributed by atoms with Crippen molar-refractivity contribution in [3.63, 3.8) is 0 Å². The lowest BCUT2D eigenvalue weighted by molar-refractivity contribution is -0.127. The lowest BCUT2D eigenvalue weighted by atomic mass is 9.79. The summed E-state index contributed by atoms with van der Waals surface area (Å²) < 4.78 is 0. The summed E-state index contributed by atoms with van der Waals surface area (Å²) in [5.41, 5.74) is 9.27. The summed E-state index contributed by atoms with van der Waals surface area (Å²) in [6.07, 6.45) is 4.11. The van der Waals surface area contributed by atoms with E-state index in [1.165, 1.54) is 0 Å². The molecule has 6 rings (SSSR count). The number of amidine groups is 1. The minimum atomic E-state index is -0.655. The number of nitrogens with two attached hydrogens (primary N) is 1.